The Morgan fingerprint density at radius 2 is 1.77 bits per heavy atom. The number of anilines is 1. The first-order valence-corrected chi connectivity index (χ1v) is 9.19. The van der Waals surface area contributed by atoms with Crippen LogP contribution in [-0.4, -0.2) is 29.2 Å². The molecule has 6 nitrogen and oxygen atoms in total. The lowest BCUT2D eigenvalue weighted by molar-refractivity contribution is 0.0519. The van der Waals surface area contributed by atoms with Crippen LogP contribution < -0.4 is 10.5 Å². The molecule has 0 unspecified atom stereocenters. The highest BCUT2D eigenvalue weighted by molar-refractivity contribution is 5.88. The summed E-state index contributed by atoms with van der Waals surface area (Å²) < 4.78 is 10.7. The van der Waals surface area contributed by atoms with Crippen molar-refractivity contribution >= 4 is 11.9 Å². The number of rotatable bonds is 10. The molecule has 26 heavy (non-hydrogen) atoms. The van der Waals surface area contributed by atoms with E-state index in [4.69, 9.17) is 15.2 Å². The van der Waals surface area contributed by atoms with Crippen LogP contribution in [0.25, 0.3) is 11.3 Å². The Morgan fingerprint density at radius 1 is 1.04 bits per heavy atom. The zero-order valence-electron chi connectivity index (χ0n) is 15.5. The maximum atomic E-state index is 11.9. The number of carbonyl (C=O) groups excluding carboxylic acids is 1. The van der Waals surface area contributed by atoms with E-state index in [9.17, 15) is 4.79 Å². The minimum atomic E-state index is -0.508. The van der Waals surface area contributed by atoms with Gasteiger partial charge in [0.25, 0.3) is 0 Å². The lowest BCUT2D eigenvalue weighted by atomic mass is 10.1. The van der Waals surface area contributed by atoms with E-state index in [1.54, 1.807) is 13.0 Å². The Bertz CT molecular complexity index is 702. The molecule has 0 fully saturated rings. The number of aromatic nitrogens is 2. The molecule has 0 saturated carbocycles. The zero-order valence-corrected chi connectivity index (χ0v) is 15.5. The van der Waals surface area contributed by atoms with E-state index in [-0.39, 0.29) is 18.2 Å². The summed E-state index contributed by atoms with van der Waals surface area (Å²) in [6, 6.07) is 9.15. The highest BCUT2D eigenvalue weighted by atomic mass is 16.5. The van der Waals surface area contributed by atoms with E-state index < -0.39 is 5.97 Å². The van der Waals surface area contributed by atoms with Gasteiger partial charge in [-0.3, -0.25) is 0 Å². The third-order valence-electron chi connectivity index (χ3n) is 3.89. The Morgan fingerprint density at radius 3 is 2.46 bits per heavy atom. The average Bonchev–Trinajstić information content (AvgIpc) is 2.65. The van der Waals surface area contributed by atoms with E-state index in [0.29, 0.717) is 5.69 Å². The lowest BCUT2D eigenvalue weighted by Gasteiger charge is -2.08. The van der Waals surface area contributed by atoms with Gasteiger partial charge in [-0.15, -0.1) is 0 Å². The molecule has 0 aliphatic carbocycles. The third kappa shape index (κ3) is 6.02. The number of nitrogen functional groups attached to an aromatic ring is 1. The SMILES string of the molecule is CCCCCCCOc1ccc(-c2cc(C(=O)OCC)nc(N)n2)cc1. The molecule has 140 valence electrons. The molecular formula is C20H27N3O3. The molecule has 2 aromatic rings. The van der Waals surface area contributed by atoms with Crippen LogP contribution >= 0.6 is 0 Å². The predicted octanol–water partition coefficient (Wildman–Crippen LogP) is 4.25. The Labute approximate surface area is 154 Å². The molecule has 0 bridgehead atoms. The molecule has 0 saturated heterocycles. The van der Waals surface area contributed by atoms with E-state index in [0.717, 1.165) is 24.3 Å². The maximum absolute atomic E-state index is 11.9. The number of esters is 1. The van der Waals surface area contributed by atoms with Crippen LogP contribution in [0.3, 0.4) is 0 Å². The van der Waals surface area contributed by atoms with Crippen molar-refractivity contribution in [2.24, 2.45) is 0 Å². The summed E-state index contributed by atoms with van der Waals surface area (Å²) in [5, 5.41) is 0. The van der Waals surface area contributed by atoms with Gasteiger partial charge in [-0.25, -0.2) is 14.8 Å². The molecular weight excluding hydrogens is 330 g/mol. The molecule has 2 rings (SSSR count). The van der Waals surface area contributed by atoms with Crippen LogP contribution in [0.5, 0.6) is 5.75 Å². The number of hydrogen-bond donors (Lipinski definition) is 1. The van der Waals surface area contributed by atoms with Gasteiger partial charge in [-0.1, -0.05) is 32.6 Å². The van der Waals surface area contributed by atoms with Crippen molar-refractivity contribution in [1.29, 1.82) is 0 Å². The van der Waals surface area contributed by atoms with Crippen molar-refractivity contribution in [3.8, 4) is 17.0 Å². The minimum absolute atomic E-state index is 0.0398. The topological polar surface area (TPSA) is 87.3 Å². The monoisotopic (exact) mass is 357 g/mol. The minimum Gasteiger partial charge on any atom is -0.494 e. The summed E-state index contributed by atoms with van der Waals surface area (Å²) in [7, 11) is 0. The summed E-state index contributed by atoms with van der Waals surface area (Å²) in [5.74, 6) is 0.348. The highest BCUT2D eigenvalue weighted by Crippen LogP contribution is 2.22. The molecule has 1 aromatic heterocycles. The standard InChI is InChI=1S/C20H27N3O3/c1-3-5-6-7-8-13-26-16-11-9-15(10-12-16)17-14-18(19(24)25-4-2)23-20(21)22-17/h9-12,14H,3-8,13H2,1-2H3,(H2,21,22,23). The summed E-state index contributed by atoms with van der Waals surface area (Å²) in [6.45, 7) is 4.95. The average molecular weight is 357 g/mol. The second kappa shape index (κ2) is 10.4. The van der Waals surface area contributed by atoms with Crippen molar-refractivity contribution < 1.29 is 14.3 Å². The Hall–Kier alpha value is -2.63. The maximum Gasteiger partial charge on any atom is 0.357 e. The smallest absolute Gasteiger partial charge is 0.357 e. The van der Waals surface area contributed by atoms with Crippen LogP contribution in [-0.2, 0) is 4.74 Å². The molecule has 1 heterocycles. The summed E-state index contributed by atoms with van der Waals surface area (Å²) in [6.07, 6.45) is 6.05. The van der Waals surface area contributed by atoms with Gasteiger partial charge in [-0.05, 0) is 43.7 Å². The highest BCUT2D eigenvalue weighted by Gasteiger charge is 2.12. The predicted molar refractivity (Wildman–Crippen MR) is 102 cm³/mol. The molecule has 0 spiro atoms. The number of benzene rings is 1. The van der Waals surface area contributed by atoms with Gasteiger partial charge in [0.15, 0.2) is 5.69 Å². The molecule has 0 aliphatic heterocycles. The fourth-order valence-electron chi connectivity index (χ4n) is 2.54. The van der Waals surface area contributed by atoms with Crippen molar-refractivity contribution in [2.75, 3.05) is 18.9 Å². The fraction of sp³-hybridized carbons (Fsp3) is 0.450. The van der Waals surface area contributed by atoms with Gasteiger partial charge in [0.2, 0.25) is 5.95 Å². The number of nitrogens with two attached hydrogens (primary N) is 1. The quantitative estimate of drug-likeness (QED) is 0.505. The number of unbranched alkanes of at least 4 members (excludes halogenated alkanes) is 4. The van der Waals surface area contributed by atoms with E-state index in [1.165, 1.54) is 25.7 Å². The molecule has 2 N–H and O–H groups in total. The first-order valence-electron chi connectivity index (χ1n) is 9.19. The molecule has 0 atom stereocenters. The summed E-state index contributed by atoms with van der Waals surface area (Å²) in [5.41, 5.74) is 7.28. The second-order valence-corrected chi connectivity index (χ2v) is 6.00. The van der Waals surface area contributed by atoms with Gasteiger partial charge in [0, 0.05) is 5.56 Å². The van der Waals surface area contributed by atoms with Crippen molar-refractivity contribution in [2.45, 2.75) is 46.0 Å². The van der Waals surface area contributed by atoms with Crippen LogP contribution in [0.4, 0.5) is 5.95 Å². The third-order valence-corrected chi connectivity index (χ3v) is 3.89. The molecule has 0 amide bonds. The molecule has 6 heteroatoms. The lowest BCUT2D eigenvalue weighted by Crippen LogP contribution is -2.10. The van der Waals surface area contributed by atoms with Crippen LogP contribution in [0, 0.1) is 0 Å². The van der Waals surface area contributed by atoms with Crippen LogP contribution in [0.15, 0.2) is 30.3 Å². The fourth-order valence-corrected chi connectivity index (χ4v) is 2.54. The van der Waals surface area contributed by atoms with E-state index in [1.807, 2.05) is 24.3 Å². The molecule has 1 aromatic carbocycles. The number of hydrogen-bond acceptors (Lipinski definition) is 6. The molecule has 0 radical (unpaired) electrons. The Balaban J connectivity index is 1.98. The summed E-state index contributed by atoms with van der Waals surface area (Å²) >= 11 is 0. The van der Waals surface area contributed by atoms with E-state index in [2.05, 4.69) is 16.9 Å². The van der Waals surface area contributed by atoms with E-state index >= 15 is 0 Å². The van der Waals surface area contributed by atoms with Gasteiger partial charge in [-0.2, -0.15) is 0 Å². The number of carbonyl (C=O) groups is 1. The Kier molecular flexibility index (Phi) is 7.86. The van der Waals surface area contributed by atoms with Gasteiger partial charge >= 0.3 is 5.97 Å². The van der Waals surface area contributed by atoms with Gasteiger partial charge < -0.3 is 15.2 Å². The zero-order chi connectivity index (χ0) is 18.8. The summed E-state index contributed by atoms with van der Waals surface area (Å²) in [4.78, 5) is 20.0. The van der Waals surface area contributed by atoms with Crippen molar-refractivity contribution in [3.63, 3.8) is 0 Å². The van der Waals surface area contributed by atoms with Gasteiger partial charge in [0.05, 0.1) is 18.9 Å². The number of ether oxygens (including phenoxy) is 2. The first kappa shape index (κ1) is 19.7. The largest absolute Gasteiger partial charge is 0.494 e. The molecule has 0 aliphatic rings. The second-order valence-electron chi connectivity index (χ2n) is 6.00. The van der Waals surface area contributed by atoms with Crippen LogP contribution in [0.1, 0.15) is 56.4 Å². The van der Waals surface area contributed by atoms with Crippen molar-refractivity contribution in [1.82, 2.24) is 9.97 Å². The number of nitrogens with zero attached hydrogens (tertiary/aromatic N) is 2. The first-order chi connectivity index (χ1) is 12.6. The van der Waals surface area contributed by atoms with Crippen LogP contribution in [0.2, 0.25) is 0 Å². The van der Waals surface area contributed by atoms with Crippen molar-refractivity contribution in [3.05, 3.63) is 36.0 Å². The van der Waals surface area contributed by atoms with Gasteiger partial charge in [0.1, 0.15) is 5.75 Å². The normalized spacial score (nSPS) is 10.5.